The fourth-order valence-corrected chi connectivity index (χ4v) is 3.96. The van der Waals surface area contributed by atoms with E-state index in [1.165, 1.54) is 23.1 Å². The van der Waals surface area contributed by atoms with Crippen LogP contribution in [0.15, 0.2) is 30.5 Å². The maximum atomic E-state index is 14.2. The normalized spacial score (nSPS) is 15.5. The van der Waals surface area contributed by atoms with Crippen molar-refractivity contribution in [2.24, 2.45) is 0 Å². The summed E-state index contributed by atoms with van der Waals surface area (Å²) in [5.74, 6) is 2.04. The van der Waals surface area contributed by atoms with E-state index in [1.54, 1.807) is 33.0 Å². The second-order valence-corrected chi connectivity index (χ2v) is 8.87. The largest absolute Gasteiger partial charge is 0.418 e. The van der Waals surface area contributed by atoms with Crippen LogP contribution >= 0.6 is 0 Å². The second kappa shape index (κ2) is 11.0. The minimum atomic E-state index is -4.90. The van der Waals surface area contributed by atoms with E-state index >= 15 is 0 Å². The van der Waals surface area contributed by atoms with Gasteiger partial charge in [0.1, 0.15) is 5.82 Å². The van der Waals surface area contributed by atoms with E-state index in [2.05, 4.69) is 5.92 Å². The number of terminal acetylenes is 1. The lowest BCUT2D eigenvalue weighted by Gasteiger charge is -2.42. The summed E-state index contributed by atoms with van der Waals surface area (Å²) in [6.07, 6.45) is 6.18. The average Bonchev–Trinajstić information content (AvgIpc) is 2.66. The first kappa shape index (κ1) is 27.0. The van der Waals surface area contributed by atoms with Gasteiger partial charge in [0.25, 0.3) is 0 Å². The van der Waals surface area contributed by atoms with Gasteiger partial charge in [0.2, 0.25) is 0 Å². The number of allylic oxidation sites excluding steroid dienone is 1. The molecule has 0 saturated carbocycles. The molecule has 1 N–H and O–H groups in total. The molecule has 1 aromatic carbocycles. The fourth-order valence-electron chi connectivity index (χ4n) is 3.96. The number of halogens is 4. The van der Waals surface area contributed by atoms with Crippen molar-refractivity contribution in [3.05, 3.63) is 47.4 Å². The summed E-state index contributed by atoms with van der Waals surface area (Å²) in [6, 6.07) is 3.49. The number of unbranched alkanes of at least 4 members (excludes halogenated alkanes) is 1. The molecule has 0 heterocycles. The van der Waals surface area contributed by atoms with Gasteiger partial charge >= 0.3 is 6.18 Å². The third-order valence-electron chi connectivity index (χ3n) is 5.54. The summed E-state index contributed by atoms with van der Waals surface area (Å²) in [5, 5.41) is 11.0. The van der Waals surface area contributed by atoms with Gasteiger partial charge in [0.05, 0.1) is 12.6 Å². The van der Waals surface area contributed by atoms with Crippen molar-refractivity contribution >= 4 is 0 Å². The lowest BCUT2D eigenvalue weighted by atomic mass is 9.73. The number of benzene rings is 1. The van der Waals surface area contributed by atoms with E-state index < -0.39 is 42.0 Å². The van der Waals surface area contributed by atoms with Crippen LogP contribution in [0.1, 0.15) is 70.9 Å². The Labute approximate surface area is 184 Å². The number of nitrogens with zero attached hydrogens (tertiary/aromatic N) is 1. The zero-order valence-corrected chi connectivity index (χ0v) is 19.2. The molecule has 0 amide bonds. The van der Waals surface area contributed by atoms with Gasteiger partial charge in [-0.15, -0.1) is 6.42 Å². The zero-order chi connectivity index (χ0) is 23.9. The quantitative estimate of drug-likeness (QED) is 0.312. The Morgan fingerprint density at radius 1 is 1.19 bits per heavy atom. The maximum Gasteiger partial charge on any atom is 0.418 e. The summed E-state index contributed by atoms with van der Waals surface area (Å²) >= 11 is 0. The molecule has 0 fully saturated rings. The summed E-state index contributed by atoms with van der Waals surface area (Å²) in [7, 11) is 0. The number of hydrogen-bond donors (Lipinski definition) is 1. The molecule has 0 aliphatic rings. The minimum Gasteiger partial charge on any atom is -0.379 e. The Hall–Kier alpha value is -2.00. The summed E-state index contributed by atoms with van der Waals surface area (Å²) < 4.78 is 56.5. The van der Waals surface area contributed by atoms with Gasteiger partial charge in [0.15, 0.2) is 5.60 Å². The van der Waals surface area contributed by atoms with Gasteiger partial charge < -0.3 is 10.0 Å². The van der Waals surface area contributed by atoms with E-state index in [0.717, 1.165) is 6.42 Å². The Morgan fingerprint density at radius 3 is 2.35 bits per heavy atom. The molecule has 0 bridgehead atoms. The second-order valence-electron chi connectivity index (χ2n) is 8.87. The number of aryl methyl sites for hydroxylation is 1. The SMILES string of the molecule is C#CC(CCC)N(/C=C\CCC)CC(O)(CC(C)(C)c1cc(F)ccc1C)C(F)(F)F. The van der Waals surface area contributed by atoms with Crippen molar-refractivity contribution in [1.82, 2.24) is 4.90 Å². The molecule has 0 radical (unpaired) electrons. The van der Waals surface area contributed by atoms with Crippen LogP contribution in [-0.4, -0.2) is 34.4 Å². The Kier molecular flexibility index (Phi) is 9.63. The molecule has 174 valence electrons. The molecule has 2 unspecified atom stereocenters. The third-order valence-corrected chi connectivity index (χ3v) is 5.54. The summed E-state index contributed by atoms with van der Waals surface area (Å²) in [5.41, 5.74) is -3.06. The highest BCUT2D eigenvalue weighted by Crippen LogP contribution is 2.43. The molecule has 1 aromatic rings. The van der Waals surface area contributed by atoms with Crippen molar-refractivity contribution < 1.29 is 22.7 Å². The van der Waals surface area contributed by atoms with E-state index in [1.807, 2.05) is 13.8 Å². The molecular formula is C25H35F4NO. The highest BCUT2D eigenvalue weighted by molar-refractivity contribution is 5.33. The molecule has 31 heavy (non-hydrogen) atoms. The molecule has 1 rings (SSSR count). The van der Waals surface area contributed by atoms with Gasteiger partial charge in [-0.05, 0) is 61.1 Å². The van der Waals surface area contributed by atoms with Gasteiger partial charge in [-0.1, -0.05) is 58.6 Å². The van der Waals surface area contributed by atoms with Gasteiger partial charge in [-0.2, -0.15) is 13.2 Å². The first-order valence-electron chi connectivity index (χ1n) is 10.8. The fraction of sp³-hybridized carbons (Fsp3) is 0.600. The molecule has 2 nitrogen and oxygen atoms in total. The molecule has 0 aliphatic heterocycles. The molecule has 0 saturated heterocycles. The average molecular weight is 442 g/mol. The summed E-state index contributed by atoms with van der Waals surface area (Å²) in [4.78, 5) is 1.42. The Bertz CT molecular complexity index is 779. The molecule has 0 aromatic heterocycles. The molecule has 0 spiro atoms. The highest BCUT2D eigenvalue weighted by atomic mass is 19.4. The van der Waals surface area contributed by atoms with Crippen LogP contribution in [0.5, 0.6) is 0 Å². The van der Waals surface area contributed by atoms with Crippen LogP contribution in [0.4, 0.5) is 17.6 Å². The van der Waals surface area contributed by atoms with Crippen LogP contribution in [0.2, 0.25) is 0 Å². The Morgan fingerprint density at radius 2 is 1.84 bits per heavy atom. The first-order chi connectivity index (χ1) is 14.3. The topological polar surface area (TPSA) is 23.5 Å². The van der Waals surface area contributed by atoms with Crippen LogP contribution < -0.4 is 0 Å². The van der Waals surface area contributed by atoms with E-state index in [9.17, 15) is 22.7 Å². The van der Waals surface area contributed by atoms with Crippen molar-refractivity contribution in [2.75, 3.05) is 6.54 Å². The van der Waals surface area contributed by atoms with Crippen molar-refractivity contribution in [3.63, 3.8) is 0 Å². The molecular weight excluding hydrogens is 406 g/mol. The van der Waals surface area contributed by atoms with Crippen molar-refractivity contribution in [2.45, 2.75) is 90.0 Å². The van der Waals surface area contributed by atoms with Gasteiger partial charge in [0, 0.05) is 0 Å². The maximum absolute atomic E-state index is 14.2. The predicted molar refractivity (Wildman–Crippen MR) is 118 cm³/mol. The van der Waals surface area contributed by atoms with E-state index in [0.29, 0.717) is 30.4 Å². The number of alkyl halides is 3. The van der Waals surface area contributed by atoms with Crippen LogP contribution in [0.25, 0.3) is 0 Å². The lowest BCUT2D eigenvalue weighted by molar-refractivity contribution is -0.270. The zero-order valence-electron chi connectivity index (χ0n) is 19.2. The molecule has 6 heteroatoms. The number of hydrogen-bond acceptors (Lipinski definition) is 2. The van der Waals surface area contributed by atoms with Crippen molar-refractivity contribution in [3.8, 4) is 12.3 Å². The van der Waals surface area contributed by atoms with E-state index in [-0.39, 0.29) is 0 Å². The minimum absolute atomic E-state index is 0.435. The predicted octanol–water partition coefficient (Wildman–Crippen LogP) is 6.51. The van der Waals surface area contributed by atoms with Crippen LogP contribution in [0, 0.1) is 25.1 Å². The van der Waals surface area contributed by atoms with Crippen LogP contribution in [-0.2, 0) is 5.41 Å². The smallest absolute Gasteiger partial charge is 0.379 e. The molecule has 0 aliphatic carbocycles. The molecule has 2 atom stereocenters. The van der Waals surface area contributed by atoms with E-state index in [4.69, 9.17) is 6.42 Å². The van der Waals surface area contributed by atoms with Crippen LogP contribution in [0.3, 0.4) is 0 Å². The Balaban J connectivity index is 3.38. The van der Waals surface area contributed by atoms with Gasteiger partial charge in [-0.3, -0.25) is 0 Å². The van der Waals surface area contributed by atoms with Crippen molar-refractivity contribution in [1.29, 1.82) is 0 Å². The first-order valence-corrected chi connectivity index (χ1v) is 10.8. The third kappa shape index (κ3) is 7.28. The lowest BCUT2D eigenvalue weighted by Crippen LogP contribution is -2.56. The number of rotatable bonds is 11. The monoisotopic (exact) mass is 441 g/mol. The standard InChI is InChI=1S/C25H35F4NO/c1-7-10-11-15-30(21(9-3)12-8-2)18-24(31,25(27,28)29)17-23(5,6)22-16-20(26)14-13-19(22)4/h3,11,13-16,21,31H,7-8,10,12,17-18H2,1-2,4-6H3/b15-11-. The summed E-state index contributed by atoms with van der Waals surface area (Å²) in [6.45, 7) is 8.09. The van der Waals surface area contributed by atoms with Gasteiger partial charge in [-0.25, -0.2) is 4.39 Å². The highest BCUT2D eigenvalue weighted by Gasteiger charge is 2.57. The number of aliphatic hydroxyl groups is 1.